The van der Waals surface area contributed by atoms with E-state index in [4.69, 9.17) is 11.6 Å². The van der Waals surface area contributed by atoms with E-state index in [1.165, 1.54) is 6.33 Å². The Kier molecular flexibility index (Phi) is 5.44. The molecule has 1 aromatic heterocycles. The predicted octanol–water partition coefficient (Wildman–Crippen LogP) is 4.65. The lowest BCUT2D eigenvalue weighted by atomic mass is 10.1. The molecule has 118 valence electrons. The lowest BCUT2D eigenvalue weighted by molar-refractivity contribution is 1.06. The molecule has 0 saturated carbocycles. The van der Waals surface area contributed by atoms with Crippen LogP contribution in [0.5, 0.6) is 0 Å². The first-order valence-corrected chi connectivity index (χ1v) is 8.06. The van der Waals surface area contributed by atoms with E-state index in [1.807, 2.05) is 60.7 Å². The zero-order valence-corrected chi connectivity index (χ0v) is 13.8. The van der Waals surface area contributed by atoms with E-state index in [-0.39, 0.29) is 0 Å². The monoisotopic (exact) mass is 333 g/mol. The van der Waals surface area contributed by atoms with Gasteiger partial charge in [-0.2, -0.15) is 0 Å². The fraction of sp³-hybridized carbons (Fsp3) is 0.100. The molecule has 0 spiro atoms. The van der Waals surface area contributed by atoms with Gasteiger partial charge in [0.25, 0.3) is 0 Å². The van der Waals surface area contributed by atoms with E-state index in [2.05, 4.69) is 27.1 Å². The summed E-state index contributed by atoms with van der Waals surface area (Å²) >= 11 is 6.26. The number of anilines is 1. The van der Waals surface area contributed by atoms with Crippen molar-refractivity contribution in [1.29, 1.82) is 0 Å². The second kappa shape index (κ2) is 8.14. The maximum Gasteiger partial charge on any atom is 0.142 e. The van der Waals surface area contributed by atoms with Gasteiger partial charge >= 0.3 is 0 Å². The first kappa shape index (κ1) is 16.0. The molecule has 1 heterocycles. The van der Waals surface area contributed by atoms with Gasteiger partial charge in [-0.3, -0.25) is 0 Å². The Morgan fingerprint density at radius 2 is 1.62 bits per heavy atom. The Morgan fingerprint density at radius 1 is 0.917 bits per heavy atom. The SMILES string of the molecule is Clc1ncnc(NCCC#Cc2ccccc2)c1-c1ccccc1. The van der Waals surface area contributed by atoms with Crippen molar-refractivity contribution in [3.63, 3.8) is 0 Å². The minimum absolute atomic E-state index is 0.439. The lowest BCUT2D eigenvalue weighted by Crippen LogP contribution is -2.05. The lowest BCUT2D eigenvalue weighted by Gasteiger charge is -2.11. The second-order valence-corrected chi connectivity index (χ2v) is 5.46. The van der Waals surface area contributed by atoms with Crippen molar-refractivity contribution in [2.45, 2.75) is 6.42 Å². The van der Waals surface area contributed by atoms with Gasteiger partial charge in [0.15, 0.2) is 0 Å². The summed E-state index contributed by atoms with van der Waals surface area (Å²) in [5.41, 5.74) is 2.82. The molecule has 3 rings (SSSR count). The minimum Gasteiger partial charge on any atom is -0.368 e. The number of hydrogen-bond donors (Lipinski definition) is 1. The number of hydrogen-bond acceptors (Lipinski definition) is 3. The van der Waals surface area contributed by atoms with E-state index in [0.717, 1.165) is 22.5 Å². The number of halogens is 1. The zero-order chi connectivity index (χ0) is 16.6. The third kappa shape index (κ3) is 4.13. The van der Waals surface area contributed by atoms with Gasteiger partial charge in [-0.1, -0.05) is 72.0 Å². The summed E-state index contributed by atoms with van der Waals surface area (Å²) < 4.78 is 0. The molecule has 0 atom stereocenters. The highest BCUT2D eigenvalue weighted by Crippen LogP contribution is 2.31. The van der Waals surface area contributed by atoms with Crippen LogP contribution in [0.2, 0.25) is 5.15 Å². The third-order valence-electron chi connectivity index (χ3n) is 3.41. The molecule has 0 saturated heterocycles. The maximum absolute atomic E-state index is 6.26. The summed E-state index contributed by atoms with van der Waals surface area (Å²) in [5, 5.41) is 3.74. The molecular weight excluding hydrogens is 318 g/mol. The Balaban J connectivity index is 1.68. The van der Waals surface area contributed by atoms with E-state index in [9.17, 15) is 0 Å². The Labute approximate surface area is 146 Å². The number of benzene rings is 2. The molecule has 24 heavy (non-hydrogen) atoms. The summed E-state index contributed by atoms with van der Waals surface area (Å²) in [4.78, 5) is 8.40. The normalized spacial score (nSPS) is 9.88. The van der Waals surface area contributed by atoms with Crippen molar-refractivity contribution in [1.82, 2.24) is 9.97 Å². The fourth-order valence-corrected chi connectivity index (χ4v) is 2.53. The summed E-state index contributed by atoms with van der Waals surface area (Å²) in [6.45, 7) is 0.688. The van der Waals surface area contributed by atoms with Gasteiger partial charge in [-0.05, 0) is 17.7 Å². The van der Waals surface area contributed by atoms with Crippen molar-refractivity contribution in [3.05, 3.63) is 77.7 Å². The first-order valence-electron chi connectivity index (χ1n) is 7.68. The van der Waals surface area contributed by atoms with Crippen LogP contribution in [0.15, 0.2) is 67.0 Å². The molecule has 0 bridgehead atoms. The van der Waals surface area contributed by atoms with Gasteiger partial charge in [-0.25, -0.2) is 9.97 Å². The molecule has 0 radical (unpaired) electrons. The number of rotatable bonds is 4. The predicted molar refractivity (Wildman–Crippen MR) is 98.9 cm³/mol. The van der Waals surface area contributed by atoms with Crippen molar-refractivity contribution >= 4 is 17.4 Å². The number of nitrogens with zero attached hydrogens (tertiary/aromatic N) is 2. The number of aromatic nitrogens is 2. The van der Waals surface area contributed by atoms with E-state index in [1.54, 1.807) is 0 Å². The van der Waals surface area contributed by atoms with Crippen LogP contribution < -0.4 is 5.32 Å². The van der Waals surface area contributed by atoms with Crippen LogP contribution in [0, 0.1) is 11.8 Å². The molecule has 0 aliphatic carbocycles. The molecule has 0 aliphatic heterocycles. The highest BCUT2D eigenvalue weighted by atomic mass is 35.5. The zero-order valence-electron chi connectivity index (χ0n) is 13.0. The van der Waals surface area contributed by atoms with Crippen molar-refractivity contribution < 1.29 is 0 Å². The summed E-state index contributed by atoms with van der Waals surface area (Å²) in [6, 6.07) is 19.8. The van der Waals surface area contributed by atoms with Crippen LogP contribution in [-0.2, 0) is 0 Å². The average molecular weight is 334 g/mol. The Hall–Kier alpha value is -2.83. The van der Waals surface area contributed by atoms with Crippen molar-refractivity contribution in [2.24, 2.45) is 0 Å². The third-order valence-corrected chi connectivity index (χ3v) is 3.70. The fourth-order valence-electron chi connectivity index (χ4n) is 2.29. The molecule has 0 amide bonds. The Bertz CT molecular complexity index is 852. The molecular formula is C20H16ClN3. The van der Waals surface area contributed by atoms with Crippen molar-refractivity contribution in [3.8, 4) is 23.0 Å². The van der Waals surface area contributed by atoms with Crippen LogP contribution in [0.4, 0.5) is 5.82 Å². The minimum atomic E-state index is 0.439. The maximum atomic E-state index is 6.26. The van der Waals surface area contributed by atoms with Crippen molar-refractivity contribution in [2.75, 3.05) is 11.9 Å². The molecule has 0 aliphatic rings. The molecule has 0 unspecified atom stereocenters. The molecule has 3 aromatic rings. The molecule has 2 aromatic carbocycles. The van der Waals surface area contributed by atoms with E-state index < -0.39 is 0 Å². The standard InChI is InChI=1S/C20H16ClN3/c21-19-18(17-12-5-2-6-13-17)20(24-15-23-19)22-14-8-7-11-16-9-3-1-4-10-16/h1-6,9-10,12-13,15H,8,14H2,(H,22,23,24). The van der Waals surface area contributed by atoms with Gasteiger partial charge in [0.2, 0.25) is 0 Å². The van der Waals surface area contributed by atoms with Gasteiger partial charge in [0.1, 0.15) is 17.3 Å². The summed E-state index contributed by atoms with van der Waals surface area (Å²) in [5.74, 6) is 7.02. The highest BCUT2D eigenvalue weighted by molar-refractivity contribution is 6.32. The van der Waals surface area contributed by atoms with Gasteiger partial charge < -0.3 is 5.32 Å². The first-order chi connectivity index (χ1) is 11.8. The van der Waals surface area contributed by atoms with Crippen LogP contribution in [0.1, 0.15) is 12.0 Å². The van der Waals surface area contributed by atoms with Crippen LogP contribution >= 0.6 is 11.6 Å². The van der Waals surface area contributed by atoms with Gasteiger partial charge in [0, 0.05) is 18.5 Å². The van der Waals surface area contributed by atoms with Gasteiger partial charge in [0.05, 0.1) is 5.56 Å². The van der Waals surface area contributed by atoms with Crippen LogP contribution in [0.25, 0.3) is 11.1 Å². The quantitative estimate of drug-likeness (QED) is 0.429. The molecule has 4 heteroatoms. The van der Waals surface area contributed by atoms with Crippen LogP contribution in [0.3, 0.4) is 0 Å². The van der Waals surface area contributed by atoms with Gasteiger partial charge in [-0.15, -0.1) is 0 Å². The van der Waals surface area contributed by atoms with E-state index in [0.29, 0.717) is 18.1 Å². The second-order valence-electron chi connectivity index (χ2n) is 5.10. The highest BCUT2D eigenvalue weighted by Gasteiger charge is 2.11. The topological polar surface area (TPSA) is 37.8 Å². The Morgan fingerprint density at radius 3 is 2.38 bits per heavy atom. The molecule has 1 N–H and O–H groups in total. The molecule has 3 nitrogen and oxygen atoms in total. The summed E-state index contributed by atoms with van der Waals surface area (Å²) in [7, 11) is 0. The molecule has 0 fully saturated rings. The smallest absolute Gasteiger partial charge is 0.142 e. The largest absolute Gasteiger partial charge is 0.368 e. The summed E-state index contributed by atoms with van der Waals surface area (Å²) in [6.07, 6.45) is 2.18. The number of nitrogens with one attached hydrogen (secondary N) is 1. The van der Waals surface area contributed by atoms with E-state index >= 15 is 0 Å². The van der Waals surface area contributed by atoms with Crippen LogP contribution in [-0.4, -0.2) is 16.5 Å². The average Bonchev–Trinajstić information content (AvgIpc) is 2.63.